The molecule has 0 aromatic carbocycles. The van der Waals surface area contributed by atoms with Crippen LogP contribution >= 0.6 is 0 Å². The van der Waals surface area contributed by atoms with Crippen LogP contribution in [0.25, 0.3) is 0 Å². The Morgan fingerprint density at radius 2 is 2.10 bits per heavy atom. The third kappa shape index (κ3) is 7.85. The molecule has 4 heteroatoms. The summed E-state index contributed by atoms with van der Waals surface area (Å²) >= 11 is 0. The molecule has 1 atom stereocenters. The van der Waals surface area contributed by atoms with E-state index in [1.54, 1.807) is 0 Å². The molecule has 0 saturated carbocycles. The zero-order valence-corrected chi connectivity index (χ0v) is 13.9. The third-order valence-electron chi connectivity index (χ3n) is 3.43. The number of piperidine rings is 1. The fourth-order valence-corrected chi connectivity index (χ4v) is 2.50. The molecule has 1 aliphatic heterocycles. The second-order valence-electron chi connectivity index (χ2n) is 7.30. The molecule has 118 valence electrons. The Kier molecular flexibility index (Phi) is 6.96. The van der Waals surface area contributed by atoms with Crippen molar-refractivity contribution < 1.29 is 9.53 Å². The van der Waals surface area contributed by atoms with Gasteiger partial charge in [0.1, 0.15) is 5.60 Å². The predicted octanol–water partition coefficient (Wildman–Crippen LogP) is 2.43. The molecule has 1 heterocycles. The lowest BCUT2D eigenvalue weighted by atomic mass is 10.0. The van der Waals surface area contributed by atoms with Crippen molar-refractivity contribution >= 4 is 5.97 Å². The van der Waals surface area contributed by atoms with E-state index >= 15 is 0 Å². The summed E-state index contributed by atoms with van der Waals surface area (Å²) in [6, 6.07) is 0.518. The van der Waals surface area contributed by atoms with Crippen molar-refractivity contribution in [1.29, 1.82) is 0 Å². The summed E-state index contributed by atoms with van der Waals surface area (Å²) in [6.07, 6.45) is 3.58. The Morgan fingerprint density at radius 1 is 1.40 bits per heavy atom. The molecule has 1 unspecified atom stereocenters. The van der Waals surface area contributed by atoms with Crippen molar-refractivity contribution in [3.8, 4) is 0 Å². The summed E-state index contributed by atoms with van der Waals surface area (Å²) in [5.74, 6) is 0.629. The highest BCUT2D eigenvalue weighted by Crippen LogP contribution is 2.12. The summed E-state index contributed by atoms with van der Waals surface area (Å²) in [7, 11) is 0. The van der Waals surface area contributed by atoms with Gasteiger partial charge >= 0.3 is 5.97 Å². The van der Waals surface area contributed by atoms with Gasteiger partial charge in [-0.05, 0) is 59.0 Å². The quantitative estimate of drug-likeness (QED) is 0.761. The topological polar surface area (TPSA) is 41.6 Å². The van der Waals surface area contributed by atoms with E-state index < -0.39 is 0 Å². The van der Waals surface area contributed by atoms with Crippen LogP contribution in [-0.2, 0) is 9.53 Å². The first-order chi connectivity index (χ1) is 9.26. The van der Waals surface area contributed by atoms with E-state index in [9.17, 15) is 4.79 Å². The Morgan fingerprint density at radius 3 is 2.70 bits per heavy atom. The normalized spacial score (nSPS) is 21.2. The molecule has 1 fully saturated rings. The molecule has 0 aromatic heterocycles. The molecule has 0 aliphatic carbocycles. The molecule has 1 aliphatic rings. The van der Waals surface area contributed by atoms with Gasteiger partial charge in [-0.2, -0.15) is 0 Å². The molecule has 1 N–H and O–H groups in total. The van der Waals surface area contributed by atoms with E-state index in [0.29, 0.717) is 12.6 Å². The first kappa shape index (κ1) is 17.4. The maximum atomic E-state index is 11.9. The fraction of sp³-hybridized carbons (Fsp3) is 0.938. The average molecular weight is 284 g/mol. The lowest BCUT2D eigenvalue weighted by molar-refractivity contribution is -0.156. The standard InChI is InChI=1S/C16H32N2O2/c1-13(2)8-9-17-14-7-6-10-18(11-14)12-15(19)20-16(3,4)5/h13-14,17H,6-12H2,1-5H3. The molecule has 0 amide bonds. The fourth-order valence-electron chi connectivity index (χ4n) is 2.50. The van der Waals surface area contributed by atoms with Gasteiger partial charge in [-0.25, -0.2) is 0 Å². The first-order valence-electron chi connectivity index (χ1n) is 7.94. The minimum absolute atomic E-state index is 0.111. The number of nitrogens with zero attached hydrogens (tertiary/aromatic N) is 1. The maximum Gasteiger partial charge on any atom is 0.320 e. The second-order valence-corrected chi connectivity index (χ2v) is 7.30. The van der Waals surface area contributed by atoms with Crippen LogP contribution in [-0.4, -0.2) is 48.7 Å². The number of nitrogens with one attached hydrogen (secondary N) is 1. The average Bonchev–Trinajstić information content (AvgIpc) is 2.26. The van der Waals surface area contributed by atoms with E-state index in [0.717, 1.165) is 32.0 Å². The molecule has 0 bridgehead atoms. The number of rotatable bonds is 6. The number of esters is 1. The number of likely N-dealkylation sites (tertiary alicyclic amines) is 1. The van der Waals surface area contributed by atoms with Crippen molar-refractivity contribution in [2.75, 3.05) is 26.2 Å². The lowest BCUT2D eigenvalue weighted by Crippen LogP contribution is -2.48. The first-order valence-corrected chi connectivity index (χ1v) is 7.94. The Bertz CT molecular complexity index is 297. The summed E-state index contributed by atoms with van der Waals surface area (Å²) < 4.78 is 5.39. The zero-order chi connectivity index (χ0) is 15.2. The van der Waals surface area contributed by atoms with Gasteiger partial charge in [0, 0.05) is 12.6 Å². The molecule has 1 saturated heterocycles. The van der Waals surface area contributed by atoms with Gasteiger partial charge in [0.05, 0.1) is 6.54 Å². The van der Waals surface area contributed by atoms with Gasteiger partial charge in [0.15, 0.2) is 0 Å². The monoisotopic (exact) mass is 284 g/mol. The van der Waals surface area contributed by atoms with Crippen LogP contribution in [0.4, 0.5) is 0 Å². The number of carbonyl (C=O) groups excluding carboxylic acids is 1. The number of ether oxygens (including phenoxy) is 1. The van der Waals surface area contributed by atoms with Crippen LogP contribution in [0.5, 0.6) is 0 Å². The van der Waals surface area contributed by atoms with Crippen molar-refractivity contribution in [3.63, 3.8) is 0 Å². The van der Waals surface area contributed by atoms with E-state index in [-0.39, 0.29) is 11.6 Å². The largest absolute Gasteiger partial charge is 0.459 e. The van der Waals surface area contributed by atoms with Gasteiger partial charge in [-0.3, -0.25) is 9.69 Å². The van der Waals surface area contributed by atoms with E-state index in [1.807, 2.05) is 20.8 Å². The summed E-state index contributed by atoms with van der Waals surface area (Å²) in [5.41, 5.74) is -0.387. The van der Waals surface area contributed by atoms with Crippen LogP contribution in [0.1, 0.15) is 53.9 Å². The van der Waals surface area contributed by atoms with E-state index in [1.165, 1.54) is 12.8 Å². The minimum Gasteiger partial charge on any atom is -0.459 e. The molecular formula is C16H32N2O2. The number of hydrogen-bond acceptors (Lipinski definition) is 4. The molecule has 4 nitrogen and oxygen atoms in total. The van der Waals surface area contributed by atoms with Gasteiger partial charge in [-0.1, -0.05) is 13.8 Å². The minimum atomic E-state index is -0.387. The Labute approximate surface area is 124 Å². The van der Waals surface area contributed by atoms with Crippen LogP contribution in [0.3, 0.4) is 0 Å². The SMILES string of the molecule is CC(C)CCNC1CCCN(CC(=O)OC(C)(C)C)C1. The second kappa shape index (κ2) is 7.99. The molecule has 0 spiro atoms. The molecule has 20 heavy (non-hydrogen) atoms. The third-order valence-corrected chi connectivity index (χ3v) is 3.43. The Balaban J connectivity index is 2.28. The van der Waals surface area contributed by atoms with Gasteiger partial charge in [-0.15, -0.1) is 0 Å². The van der Waals surface area contributed by atoms with Crippen LogP contribution in [0.2, 0.25) is 0 Å². The molecule has 1 rings (SSSR count). The molecule has 0 aromatic rings. The van der Waals surface area contributed by atoms with Crippen LogP contribution in [0.15, 0.2) is 0 Å². The van der Waals surface area contributed by atoms with Crippen molar-refractivity contribution in [2.24, 2.45) is 5.92 Å². The lowest BCUT2D eigenvalue weighted by Gasteiger charge is -2.33. The van der Waals surface area contributed by atoms with Gasteiger partial charge < -0.3 is 10.1 Å². The number of hydrogen-bond donors (Lipinski definition) is 1. The van der Waals surface area contributed by atoms with Gasteiger partial charge in [0.2, 0.25) is 0 Å². The predicted molar refractivity (Wildman–Crippen MR) is 82.8 cm³/mol. The van der Waals surface area contributed by atoms with Crippen molar-refractivity contribution in [2.45, 2.75) is 65.5 Å². The van der Waals surface area contributed by atoms with Gasteiger partial charge in [0.25, 0.3) is 0 Å². The highest BCUT2D eigenvalue weighted by molar-refractivity contribution is 5.72. The Hall–Kier alpha value is -0.610. The smallest absolute Gasteiger partial charge is 0.320 e. The van der Waals surface area contributed by atoms with Crippen molar-refractivity contribution in [1.82, 2.24) is 10.2 Å². The van der Waals surface area contributed by atoms with E-state index in [4.69, 9.17) is 4.74 Å². The zero-order valence-electron chi connectivity index (χ0n) is 13.9. The summed E-state index contributed by atoms with van der Waals surface area (Å²) in [6.45, 7) is 13.7. The van der Waals surface area contributed by atoms with E-state index in [2.05, 4.69) is 24.1 Å². The summed E-state index contributed by atoms with van der Waals surface area (Å²) in [4.78, 5) is 14.1. The van der Waals surface area contributed by atoms with Crippen LogP contribution in [0, 0.1) is 5.92 Å². The number of carbonyl (C=O) groups is 1. The highest BCUT2D eigenvalue weighted by Gasteiger charge is 2.23. The van der Waals surface area contributed by atoms with Crippen molar-refractivity contribution in [3.05, 3.63) is 0 Å². The summed E-state index contributed by atoms with van der Waals surface area (Å²) in [5, 5.41) is 3.61. The molecular weight excluding hydrogens is 252 g/mol. The molecule has 0 radical (unpaired) electrons. The maximum absolute atomic E-state index is 11.9. The van der Waals surface area contributed by atoms with Crippen LogP contribution < -0.4 is 5.32 Å². The highest BCUT2D eigenvalue weighted by atomic mass is 16.6.